The fourth-order valence-corrected chi connectivity index (χ4v) is 4.26. The zero-order valence-corrected chi connectivity index (χ0v) is 15.4. The molecule has 0 N–H and O–H groups in total. The summed E-state index contributed by atoms with van der Waals surface area (Å²) in [5, 5.41) is 0. The van der Waals surface area contributed by atoms with E-state index in [1.54, 1.807) is 11.3 Å². The Morgan fingerprint density at radius 2 is 0.926 bits per heavy atom. The normalized spacial score (nSPS) is 12.9. The number of para-hydroxylation sites is 2. The van der Waals surface area contributed by atoms with Crippen LogP contribution in [-0.4, -0.2) is 9.97 Å². The lowest BCUT2D eigenvalue weighted by atomic mass is 10.2. The molecule has 27 heavy (non-hydrogen) atoms. The van der Waals surface area contributed by atoms with E-state index in [-0.39, 0.29) is 0 Å². The molecule has 0 radical (unpaired) electrons. The minimum Gasteiger partial charge on any atom is -0.243 e. The smallest absolute Gasteiger partial charge is 0.108 e. The van der Waals surface area contributed by atoms with Crippen molar-refractivity contribution in [1.29, 1.82) is 0 Å². The Bertz CT molecular complexity index is 1250. The molecule has 0 aliphatic heterocycles. The number of fused-ring (bicyclic) bond motifs is 2. The Balaban J connectivity index is 1.86. The van der Waals surface area contributed by atoms with E-state index >= 15 is 0 Å². The Labute approximate surface area is 160 Å². The van der Waals surface area contributed by atoms with Crippen molar-refractivity contribution in [2.45, 2.75) is 0 Å². The minimum atomic E-state index is 0.928. The van der Waals surface area contributed by atoms with E-state index in [1.807, 2.05) is 36.4 Å². The zero-order chi connectivity index (χ0) is 18.1. The summed E-state index contributed by atoms with van der Waals surface area (Å²) in [6.07, 6.45) is 4.39. The van der Waals surface area contributed by atoms with Gasteiger partial charge in [-0.2, -0.15) is 0 Å². The quantitative estimate of drug-likeness (QED) is 0.461. The Kier molecular flexibility index (Phi) is 4.00. The van der Waals surface area contributed by atoms with Crippen LogP contribution in [-0.2, 0) is 0 Å². The minimum absolute atomic E-state index is 0.928. The fourth-order valence-electron chi connectivity index (χ4n) is 3.16. The molecule has 0 spiro atoms. The van der Waals surface area contributed by atoms with Crippen LogP contribution in [0.2, 0.25) is 0 Å². The molecule has 128 valence electrons. The van der Waals surface area contributed by atoms with Gasteiger partial charge in [-0.1, -0.05) is 72.8 Å². The van der Waals surface area contributed by atoms with Crippen LogP contribution in [0.5, 0.6) is 0 Å². The average Bonchev–Trinajstić information content (AvgIpc) is 3.04. The van der Waals surface area contributed by atoms with Gasteiger partial charge in [-0.25, -0.2) is 9.97 Å². The third-order valence-electron chi connectivity index (χ3n) is 4.45. The topological polar surface area (TPSA) is 25.8 Å². The van der Waals surface area contributed by atoms with Gasteiger partial charge in [0.25, 0.3) is 0 Å². The van der Waals surface area contributed by atoms with E-state index in [4.69, 9.17) is 9.97 Å². The van der Waals surface area contributed by atoms with Gasteiger partial charge in [0, 0.05) is 0 Å². The van der Waals surface area contributed by atoms with Gasteiger partial charge in [-0.3, -0.25) is 0 Å². The standard InChI is InChI=1S/C24H16N2S/c1-3-9-17(10-4-1)15-21-23-24(26-20-14-8-7-13-19(20)25-23)22(27-21)16-18-11-5-2-6-12-18/h1-16H/b21-15-,22-16+. The maximum Gasteiger partial charge on any atom is 0.108 e. The highest BCUT2D eigenvalue weighted by Crippen LogP contribution is 2.14. The first-order chi connectivity index (χ1) is 13.4. The van der Waals surface area contributed by atoms with Gasteiger partial charge in [0.2, 0.25) is 0 Å². The lowest BCUT2D eigenvalue weighted by molar-refractivity contribution is 1.40. The summed E-state index contributed by atoms with van der Waals surface area (Å²) in [4.78, 5) is 9.87. The molecule has 0 fully saturated rings. The van der Waals surface area contributed by atoms with Gasteiger partial charge in [-0.05, 0) is 35.4 Å². The van der Waals surface area contributed by atoms with Crippen LogP contribution in [0.1, 0.15) is 11.1 Å². The second kappa shape index (κ2) is 6.78. The maximum atomic E-state index is 4.93. The van der Waals surface area contributed by atoms with E-state index in [1.165, 1.54) is 11.1 Å². The zero-order valence-electron chi connectivity index (χ0n) is 14.5. The summed E-state index contributed by atoms with van der Waals surface area (Å²) in [6.45, 7) is 0. The van der Waals surface area contributed by atoms with Crippen molar-refractivity contribution in [3.8, 4) is 0 Å². The van der Waals surface area contributed by atoms with Crippen LogP contribution in [0.4, 0.5) is 0 Å². The van der Waals surface area contributed by atoms with Crippen molar-refractivity contribution < 1.29 is 0 Å². The van der Waals surface area contributed by atoms with Gasteiger partial charge in [0.1, 0.15) is 11.0 Å². The Morgan fingerprint density at radius 1 is 0.519 bits per heavy atom. The second-order valence-corrected chi connectivity index (χ2v) is 7.43. The van der Waals surface area contributed by atoms with Crippen LogP contribution in [0.25, 0.3) is 34.2 Å². The van der Waals surface area contributed by atoms with Crippen LogP contribution >= 0.6 is 11.3 Å². The number of aromatic nitrogens is 2. The molecule has 2 heterocycles. The SMILES string of the molecule is C(/c1ccccc1)=c1/s/c(=C/c2ccccc2)c2nc3ccccc3nc12. The molecular weight excluding hydrogens is 348 g/mol. The van der Waals surface area contributed by atoms with Gasteiger partial charge in [-0.15, -0.1) is 11.3 Å². The molecule has 0 atom stereocenters. The molecule has 5 rings (SSSR count). The Hall–Kier alpha value is -3.30. The molecule has 2 aromatic heterocycles. The van der Waals surface area contributed by atoms with Crippen molar-refractivity contribution in [3.05, 3.63) is 105 Å². The van der Waals surface area contributed by atoms with Gasteiger partial charge >= 0.3 is 0 Å². The van der Waals surface area contributed by atoms with Crippen LogP contribution in [0.15, 0.2) is 84.9 Å². The second-order valence-electron chi connectivity index (χ2n) is 6.35. The first-order valence-corrected chi connectivity index (χ1v) is 9.67. The number of hydrogen-bond donors (Lipinski definition) is 0. The van der Waals surface area contributed by atoms with Gasteiger partial charge in [0.15, 0.2) is 0 Å². The number of thiophene rings is 1. The van der Waals surface area contributed by atoms with Crippen LogP contribution < -0.4 is 9.06 Å². The monoisotopic (exact) mass is 364 g/mol. The Morgan fingerprint density at radius 3 is 1.37 bits per heavy atom. The summed E-state index contributed by atoms with van der Waals surface area (Å²) in [6, 6.07) is 28.8. The van der Waals surface area contributed by atoms with E-state index in [0.717, 1.165) is 31.1 Å². The molecule has 0 unspecified atom stereocenters. The van der Waals surface area contributed by atoms with Crippen molar-refractivity contribution in [2.75, 3.05) is 0 Å². The van der Waals surface area contributed by atoms with Crippen LogP contribution in [0.3, 0.4) is 0 Å². The van der Waals surface area contributed by atoms with Gasteiger partial charge < -0.3 is 0 Å². The number of hydrogen-bond acceptors (Lipinski definition) is 3. The molecule has 0 amide bonds. The largest absolute Gasteiger partial charge is 0.243 e. The number of rotatable bonds is 2. The average molecular weight is 364 g/mol. The molecule has 0 saturated heterocycles. The molecule has 0 bridgehead atoms. The lowest BCUT2D eigenvalue weighted by Crippen LogP contribution is -1.98. The predicted octanol–water partition coefficient (Wildman–Crippen LogP) is 4.50. The van der Waals surface area contributed by atoms with E-state index in [0.29, 0.717) is 0 Å². The van der Waals surface area contributed by atoms with Crippen molar-refractivity contribution in [1.82, 2.24) is 9.97 Å². The summed E-state index contributed by atoms with van der Waals surface area (Å²) >= 11 is 1.74. The molecular formula is C24H16N2S. The van der Waals surface area contributed by atoms with E-state index < -0.39 is 0 Å². The van der Waals surface area contributed by atoms with E-state index in [9.17, 15) is 0 Å². The van der Waals surface area contributed by atoms with Gasteiger partial charge in [0.05, 0.1) is 20.1 Å². The molecule has 5 aromatic rings. The highest BCUT2D eigenvalue weighted by atomic mass is 32.1. The summed E-state index contributed by atoms with van der Waals surface area (Å²) in [5.74, 6) is 0. The predicted molar refractivity (Wildman–Crippen MR) is 114 cm³/mol. The molecule has 3 heteroatoms. The number of benzene rings is 3. The molecule has 0 saturated carbocycles. The fraction of sp³-hybridized carbons (Fsp3) is 0. The highest BCUT2D eigenvalue weighted by Gasteiger charge is 2.07. The third kappa shape index (κ3) is 3.14. The molecule has 2 nitrogen and oxygen atoms in total. The summed E-state index contributed by atoms with van der Waals surface area (Å²) < 4.78 is 2.27. The van der Waals surface area contributed by atoms with Crippen molar-refractivity contribution in [3.63, 3.8) is 0 Å². The third-order valence-corrected chi connectivity index (χ3v) is 5.51. The maximum absolute atomic E-state index is 4.93. The van der Waals surface area contributed by atoms with Crippen LogP contribution in [0, 0.1) is 0 Å². The molecule has 0 aliphatic carbocycles. The van der Waals surface area contributed by atoms with Crippen molar-refractivity contribution >= 4 is 45.6 Å². The lowest BCUT2D eigenvalue weighted by Gasteiger charge is -1.97. The first kappa shape index (κ1) is 15.9. The summed E-state index contributed by atoms with van der Waals surface area (Å²) in [7, 11) is 0. The van der Waals surface area contributed by atoms with E-state index in [2.05, 4.69) is 60.7 Å². The first-order valence-electron chi connectivity index (χ1n) is 8.86. The molecule has 3 aromatic carbocycles. The number of nitrogens with zero attached hydrogens (tertiary/aromatic N) is 2. The molecule has 0 aliphatic rings. The summed E-state index contributed by atoms with van der Waals surface area (Å²) in [5.41, 5.74) is 6.12. The highest BCUT2D eigenvalue weighted by molar-refractivity contribution is 7.09. The van der Waals surface area contributed by atoms with Crippen molar-refractivity contribution in [2.24, 2.45) is 0 Å².